The van der Waals surface area contributed by atoms with E-state index in [1.165, 1.54) is 51.4 Å². The van der Waals surface area contributed by atoms with Crippen molar-refractivity contribution in [2.24, 2.45) is 5.73 Å². The van der Waals surface area contributed by atoms with Crippen LogP contribution >= 0.6 is 0 Å². The average Bonchev–Trinajstić information content (AvgIpc) is 2.65. The Labute approximate surface area is 195 Å². The van der Waals surface area contributed by atoms with Crippen LogP contribution in [0.2, 0.25) is 0 Å². The van der Waals surface area contributed by atoms with Gasteiger partial charge in [0.25, 0.3) is 10.1 Å². The first-order valence-corrected chi connectivity index (χ1v) is 12.1. The molecule has 0 aliphatic carbocycles. The van der Waals surface area contributed by atoms with Crippen molar-refractivity contribution in [3.63, 3.8) is 0 Å². The fraction of sp³-hybridized carbons (Fsp3) is 0.857. The van der Waals surface area contributed by atoms with Gasteiger partial charge in [-0.15, -0.1) is 0 Å². The number of nitrogens with two attached hydrogens (primary N) is 1. The molecule has 2 N–H and O–H groups in total. The minimum atomic E-state index is -3.86. The molecule has 0 aromatic rings. The van der Waals surface area contributed by atoms with Crippen LogP contribution in [-0.4, -0.2) is 62.7 Å². The third kappa shape index (κ3) is 16.1. The van der Waals surface area contributed by atoms with Gasteiger partial charge in [0.15, 0.2) is 11.0 Å². The van der Waals surface area contributed by atoms with Gasteiger partial charge in [-0.05, 0) is 32.1 Å². The molecule has 0 heterocycles. The van der Waals surface area contributed by atoms with E-state index in [-0.39, 0.29) is 48.3 Å². The third-order valence-electron chi connectivity index (χ3n) is 4.84. The van der Waals surface area contributed by atoms with Gasteiger partial charge in [0, 0.05) is 13.0 Å². The second kappa shape index (κ2) is 20.5. The molecule has 0 rings (SSSR count). The number of Topliss-reactive ketones (excluding diaryl/α,β-unsaturated/α-hetero) is 1. The summed E-state index contributed by atoms with van der Waals surface area (Å²) in [6.45, 7) is 2.02. The number of carbonyl (C=O) groups is 1. The predicted octanol–water partition coefficient (Wildman–Crippen LogP) is 4.25. The predicted molar refractivity (Wildman–Crippen MR) is 120 cm³/mol. The molecule has 1 atom stereocenters. The monoisotopic (exact) mass is 427 g/mol. The fourth-order valence-corrected chi connectivity index (χ4v) is 3.97. The second-order valence-corrected chi connectivity index (χ2v) is 9.07. The third-order valence-corrected chi connectivity index (χ3v) is 6.46. The second-order valence-electron chi connectivity index (χ2n) is 7.18. The molecule has 1 unspecified atom stereocenters. The zero-order valence-corrected chi connectivity index (χ0v) is 18.3. The van der Waals surface area contributed by atoms with E-state index in [1.54, 1.807) is 0 Å². The van der Waals surface area contributed by atoms with Crippen molar-refractivity contribution >= 4 is 45.5 Å². The summed E-state index contributed by atoms with van der Waals surface area (Å²) in [6.07, 6.45) is 20.3. The molecule has 5 nitrogen and oxygen atoms in total. The number of allylic oxidation sites excluding steroid dienone is 2. The molecule has 0 spiro atoms. The molecular formula is C21H42NNaO4S. The molecule has 0 radical (unpaired) electrons. The van der Waals surface area contributed by atoms with E-state index in [4.69, 9.17) is 5.73 Å². The van der Waals surface area contributed by atoms with Crippen LogP contribution in [0.3, 0.4) is 0 Å². The number of unbranched alkanes of at least 4 members (excludes halogenated alkanes) is 11. The van der Waals surface area contributed by atoms with E-state index in [2.05, 4.69) is 23.3 Å². The Balaban J connectivity index is 0. The van der Waals surface area contributed by atoms with E-state index < -0.39 is 15.4 Å². The Morgan fingerprint density at radius 3 is 1.82 bits per heavy atom. The minimum absolute atomic E-state index is 0. The van der Waals surface area contributed by atoms with Crippen LogP contribution in [-0.2, 0) is 19.1 Å². The Morgan fingerprint density at radius 1 is 0.893 bits per heavy atom. The van der Waals surface area contributed by atoms with E-state index in [0.717, 1.165) is 32.8 Å². The Bertz CT molecular complexity index is 495. The number of carbonyl (C=O) groups excluding carboxylic acids is 1. The molecule has 0 bridgehead atoms. The van der Waals surface area contributed by atoms with E-state index in [1.807, 2.05) is 0 Å². The molecule has 0 fully saturated rings. The molecule has 0 aliphatic rings. The summed E-state index contributed by atoms with van der Waals surface area (Å²) in [4.78, 5) is 12.0. The zero-order valence-electron chi connectivity index (χ0n) is 17.5. The summed E-state index contributed by atoms with van der Waals surface area (Å²) in [5.41, 5.74) is 5.40. The van der Waals surface area contributed by atoms with Gasteiger partial charge < -0.3 is 5.73 Å². The number of rotatable bonds is 19. The van der Waals surface area contributed by atoms with Crippen molar-refractivity contribution in [3.8, 4) is 0 Å². The normalized spacial score (nSPS) is 12.8. The van der Waals surface area contributed by atoms with Crippen molar-refractivity contribution in [1.82, 2.24) is 0 Å². The average molecular weight is 428 g/mol. The van der Waals surface area contributed by atoms with Crippen molar-refractivity contribution in [2.75, 3.05) is 13.7 Å². The molecule has 0 saturated carbocycles. The molecule has 7 heteroatoms. The first-order valence-electron chi connectivity index (χ1n) is 10.7. The van der Waals surface area contributed by atoms with E-state index in [0.29, 0.717) is 6.42 Å². The zero-order chi connectivity index (χ0) is 20.4. The summed E-state index contributed by atoms with van der Waals surface area (Å²) in [5, 5.41) is -1.22. The molecule has 0 saturated heterocycles. The van der Waals surface area contributed by atoms with Crippen molar-refractivity contribution in [1.29, 1.82) is 0 Å². The van der Waals surface area contributed by atoms with Gasteiger partial charge in [-0.1, -0.05) is 70.4 Å². The molecule has 162 valence electrons. The first-order chi connectivity index (χ1) is 13.0. The van der Waals surface area contributed by atoms with Crippen LogP contribution in [0.15, 0.2) is 12.2 Å². The first kappa shape index (κ1) is 30.5. The summed E-state index contributed by atoms with van der Waals surface area (Å²) >= 11 is 0. The standard InChI is InChI=1S/C21H41NO4S.Na.H/c1-3-4-5-6-7-8-9-10-11-12-13-14-15-16-17-18-20(23)21(19-22)27(24,25)26-2;;/h10-11,21H,3-9,12-19,22H2,1-2H3;;/b11-10-;;. The van der Waals surface area contributed by atoms with Crippen LogP contribution in [0.4, 0.5) is 0 Å². The SMILES string of the molecule is CCCCCCCC/C=C\CCCCCCCC(=O)C(CN)S(=O)(=O)OC.[NaH]. The van der Waals surface area contributed by atoms with Gasteiger partial charge >= 0.3 is 29.6 Å². The molecule has 0 amide bonds. The van der Waals surface area contributed by atoms with Crippen LogP contribution in [0.25, 0.3) is 0 Å². The fourth-order valence-electron chi connectivity index (χ4n) is 3.06. The number of hydrogen-bond acceptors (Lipinski definition) is 5. The maximum absolute atomic E-state index is 12.0. The van der Waals surface area contributed by atoms with Crippen molar-refractivity contribution < 1.29 is 17.4 Å². The molecule has 0 aromatic heterocycles. The van der Waals surface area contributed by atoms with Crippen LogP contribution < -0.4 is 5.73 Å². The van der Waals surface area contributed by atoms with Crippen LogP contribution in [0, 0.1) is 0 Å². The van der Waals surface area contributed by atoms with Crippen LogP contribution in [0.1, 0.15) is 96.8 Å². The Kier molecular flexibility index (Phi) is 22.4. The van der Waals surface area contributed by atoms with Gasteiger partial charge in [-0.2, -0.15) is 8.42 Å². The van der Waals surface area contributed by atoms with Gasteiger partial charge in [0.2, 0.25) is 0 Å². The summed E-state index contributed by atoms with van der Waals surface area (Å²) in [5.74, 6) is -0.336. The molecule has 0 aliphatic heterocycles. The van der Waals surface area contributed by atoms with E-state index >= 15 is 0 Å². The summed E-state index contributed by atoms with van der Waals surface area (Å²) in [7, 11) is -2.80. The quantitative estimate of drug-likeness (QED) is 0.144. The van der Waals surface area contributed by atoms with Gasteiger partial charge in [0.1, 0.15) is 0 Å². The topological polar surface area (TPSA) is 86.5 Å². The van der Waals surface area contributed by atoms with Gasteiger partial charge in [-0.3, -0.25) is 8.98 Å². The van der Waals surface area contributed by atoms with Crippen molar-refractivity contribution in [2.45, 2.75) is 102 Å². The summed E-state index contributed by atoms with van der Waals surface area (Å²) < 4.78 is 27.6. The maximum atomic E-state index is 12.0. The Morgan fingerprint density at radius 2 is 1.36 bits per heavy atom. The molecule has 0 aromatic carbocycles. The molecule has 28 heavy (non-hydrogen) atoms. The number of ketones is 1. The van der Waals surface area contributed by atoms with Crippen molar-refractivity contribution in [3.05, 3.63) is 12.2 Å². The number of hydrogen-bond donors (Lipinski definition) is 1. The van der Waals surface area contributed by atoms with Crippen LogP contribution in [0.5, 0.6) is 0 Å². The van der Waals surface area contributed by atoms with Gasteiger partial charge in [-0.25, -0.2) is 0 Å². The van der Waals surface area contributed by atoms with E-state index in [9.17, 15) is 13.2 Å². The Hall–Kier alpha value is 0.280. The molecular weight excluding hydrogens is 385 g/mol. The summed E-state index contributed by atoms with van der Waals surface area (Å²) in [6, 6.07) is 0. The van der Waals surface area contributed by atoms with Gasteiger partial charge in [0.05, 0.1) is 7.11 Å².